The summed E-state index contributed by atoms with van der Waals surface area (Å²) >= 11 is 1.82. The molecule has 1 aromatic heterocycles. The van der Waals surface area contributed by atoms with Crippen LogP contribution in [0.15, 0.2) is 17.1 Å². The van der Waals surface area contributed by atoms with Gasteiger partial charge in [0.2, 0.25) is 0 Å². The highest BCUT2D eigenvalue weighted by Crippen LogP contribution is 2.24. The maximum atomic E-state index is 11.9. The first-order valence-electron chi connectivity index (χ1n) is 8.27. The van der Waals surface area contributed by atoms with Crippen LogP contribution in [-0.4, -0.2) is 43.6 Å². The van der Waals surface area contributed by atoms with E-state index in [1.165, 1.54) is 16.9 Å². The van der Waals surface area contributed by atoms with E-state index in [0.29, 0.717) is 13.1 Å². The first-order valence-corrected chi connectivity index (χ1v) is 9.09. The molecule has 1 aliphatic rings. The number of nitrogens with zero attached hydrogens (tertiary/aromatic N) is 2. The number of guanidine groups is 1. The molecule has 1 N–H and O–H groups in total. The fourth-order valence-electron chi connectivity index (χ4n) is 2.87. The second-order valence-electron chi connectivity index (χ2n) is 5.90. The Morgan fingerprint density at radius 3 is 2.67 bits per heavy atom. The molecule has 5 nitrogen and oxygen atoms in total. The summed E-state index contributed by atoms with van der Waals surface area (Å²) in [5.41, 5.74) is 0. The van der Waals surface area contributed by atoms with E-state index in [1.807, 2.05) is 11.3 Å². The van der Waals surface area contributed by atoms with Crippen LogP contribution in [0.25, 0.3) is 0 Å². The predicted molar refractivity (Wildman–Crippen MR) is 110 cm³/mol. The first-order chi connectivity index (χ1) is 11.1. The maximum Gasteiger partial charge on any atom is 0.310 e. The number of carbonyl (C=O) groups excluding carboxylic acids is 1. The van der Waals surface area contributed by atoms with Crippen molar-refractivity contribution < 1.29 is 9.53 Å². The van der Waals surface area contributed by atoms with E-state index in [0.717, 1.165) is 25.5 Å². The molecule has 2 heterocycles. The van der Waals surface area contributed by atoms with Crippen molar-refractivity contribution in [3.63, 3.8) is 0 Å². The van der Waals surface area contributed by atoms with Gasteiger partial charge in [-0.15, -0.1) is 35.3 Å². The number of hydrogen-bond acceptors (Lipinski definition) is 4. The fourth-order valence-corrected chi connectivity index (χ4v) is 3.76. The van der Waals surface area contributed by atoms with Gasteiger partial charge in [0.1, 0.15) is 0 Å². The molecule has 136 valence electrons. The highest BCUT2D eigenvalue weighted by molar-refractivity contribution is 14.0. The number of likely N-dealkylation sites (tertiary alicyclic amines) is 1. The van der Waals surface area contributed by atoms with Crippen LogP contribution in [0.1, 0.15) is 30.5 Å². The van der Waals surface area contributed by atoms with E-state index in [-0.39, 0.29) is 41.8 Å². The molecule has 1 fully saturated rings. The highest BCUT2D eigenvalue weighted by atomic mass is 127. The summed E-state index contributed by atoms with van der Waals surface area (Å²) in [5, 5.41) is 3.34. The van der Waals surface area contributed by atoms with Crippen molar-refractivity contribution in [2.45, 2.75) is 33.7 Å². The topological polar surface area (TPSA) is 53.9 Å². The maximum absolute atomic E-state index is 11.9. The molecule has 2 atom stereocenters. The first kappa shape index (κ1) is 21.2. The Balaban J connectivity index is 0.00000288. The van der Waals surface area contributed by atoms with Crippen molar-refractivity contribution >= 4 is 47.2 Å². The number of esters is 1. The molecule has 1 aromatic rings. The number of rotatable bonds is 5. The van der Waals surface area contributed by atoms with Gasteiger partial charge in [0.15, 0.2) is 5.96 Å². The monoisotopic (exact) mass is 465 g/mol. The van der Waals surface area contributed by atoms with Crippen LogP contribution in [-0.2, 0) is 22.5 Å². The van der Waals surface area contributed by atoms with Crippen molar-refractivity contribution in [2.24, 2.45) is 16.8 Å². The molecule has 24 heavy (non-hydrogen) atoms. The Labute approximate surface area is 165 Å². The molecule has 0 bridgehead atoms. The van der Waals surface area contributed by atoms with Crippen molar-refractivity contribution in [1.82, 2.24) is 10.2 Å². The zero-order valence-corrected chi connectivity index (χ0v) is 18.0. The molecule has 0 spiro atoms. The van der Waals surface area contributed by atoms with Crippen molar-refractivity contribution in [3.8, 4) is 0 Å². The summed E-state index contributed by atoms with van der Waals surface area (Å²) in [6.45, 7) is 9.32. The van der Waals surface area contributed by atoms with Crippen LogP contribution in [0.4, 0.5) is 0 Å². The summed E-state index contributed by atoms with van der Waals surface area (Å²) in [7, 11) is 1.46. The number of aliphatic imine (C=N–C) groups is 1. The van der Waals surface area contributed by atoms with Gasteiger partial charge in [0, 0.05) is 29.4 Å². The summed E-state index contributed by atoms with van der Waals surface area (Å²) in [6, 6.07) is 4.33. The number of methoxy groups -OCH3 is 1. The Bertz CT molecular complexity index is 562. The summed E-state index contributed by atoms with van der Waals surface area (Å²) in [5.74, 6) is 0.968. The molecule has 0 aromatic carbocycles. The quantitative estimate of drug-likeness (QED) is 0.314. The van der Waals surface area contributed by atoms with E-state index >= 15 is 0 Å². The summed E-state index contributed by atoms with van der Waals surface area (Å²) in [6.07, 6.45) is 1.07. The Morgan fingerprint density at radius 1 is 1.38 bits per heavy atom. The van der Waals surface area contributed by atoms with Crippen LogP contribution in [0.5, 0.6) is 0 Å². The molecule has 0 amide bonds. The average Bonchev–Trinajstić information content (AvgIpc) is 3.17. The average molecular weight is 465 g/mol. The molecule has 0 aliphatic carbocycles. The van der Waals surface area contributed by atoms with Gasteiger partial charge in [-0.1, -0.05) is 13.8 Å². The van der Waals surface area contributed by atoms with Crippen LogP contribution < -0.4 is 5.32 Å². The van der Waals surface area contributed by atoms with Gasteiger partial charge >= 0.3 is 5.97 Å². The highest BCUT2D eigenvalue weighted by Gasteiger charge is 2.36. The Hall–Kier alpha value is -0.830. The van der Waals surface area contributed by atoms with E-state index in [1.54, 1.807) is 0 Å². The molecule has 0 radical (unpaired) electrons. The van der Waals surface area contributed by atoms with E-state index in [4.69, 9.17) is 9.73 Å². The van der Waals surface area contributed by atoms with E-state index in [2.05, 4.69) is 43.1 Å². The molecular formula is C17H28IN3O2S. The Morgan fingerprint density at radius 2 is 2.08 bits per heavy atom. The fraction of sp³-hybridized carbons (Fsp3) is 0.647. The molecule has 2 rings (SSSR count). The number of aryl methyl sites for hydroxylation is 1. The van der Waals surface area contributed by atoms with Crippen LogP contribution >= 0.6 is 35.3 Å². The number of ether oxygens (including phenoxy) is 1. The second kappa shape index (κ2) is 10.2. The van der Waals surface area contributed by atoms with Crippen molar-refractivity contribution in [1.29, 1.82) is 0 Å². The number of thiophene rings is 1. The smallest absolute Gasteiger partial charge is 0.310 e. The van der Waals surface area contributed by atoms with E-state index < -0.39 is 0 Å². The molecule has 2 unspecified atom stereocenters. The lowest BCUT2D eigenvalue weighted by atomic mass is 9.99. The van der Waals surface area contributed by atoms with Crippen molar-refractivity contribution in [2.75, 3.05) is 26.7 Å². The zero-order valence-electron chi connectivity index (χ0n) is 14.9. The number of nitrogens with one attached hydrogen (secondary N) is 1. The van der Waals surface area contributed by atoms with Gasteiger partial charge in [-0.2, -0.15) is 0 Å². The minimum Gasteiger partial charge on any atom is -0.469 e. The molecular weight excluding hydrogens is 437 g/mol. The third-order valence-corrected chi connectivity index (χ3v) is 5.42. The zero-order chi connectivity index (χ0) is 16.8. The largest absolute Gasteiger partial charge is 0.469 e. The summed E-state index contributed by atoms with van der Waals surface area (Å²) in [4.78, 5) is 21.4. The minimum absolute atomic E-state index is 0. The molecule has 7 heteroatoms. The number of halogens is 1. The van der Waals surface area contributed by atoms with Gasteiger partial charge in [-0.3, -0.25) is 4.79 Å². The van der Waals surface area contributed by atoms with Gasteiger partial charge in [0.25, 0.3) is 0 Å². The third-order valence-electron chi connectivity index (χ3n) is 4.20. The molecule has 0 saturated carbocycles. The predicted octanol–water partition coefficient (Wildman–Crippen LogP) is 3.13. The van der Waals surface area contributed by atoms with Gasteiger partial charge in [0.05, 0.1) is 19.6 Å². The van der Waals surface area contributed by atoms with Crippen LogP contribution in [0.2, 0.25) is 0 Å². The standard InChI is InChI=1S/C17H27N3O2S.HI/c1-5-13-7-8-14(23-13)9-19-17(18-6-2)20-10-12(3)15(11-20)16(21)22-4;/h7-8,12,15H,5-6,9-11H2,1-4H3,(H,18,19);1H. The van der Waals surface area contributed by atoms with Crippen LogP contribution in [0.3, 0.4) is 0 Å². The lowest BCUT2D eigenvalue weighted by molar-refractivity contribution is -0.145. The third kappa shape index (κ3) is 5.34. The SMILES string of the molecule is CCNC(=NCc1ccc(CC)s1)N1CC(C)C(C(=O)OC)C1.I. The van der Waals surface area contributed by atoms with Gasteiger partial charge in [-0.25, -0.2) is 4.99 Å². The Kier molecular flexibility index (Phi) is 9.04. The lowest BCUT2D eigenvalue weighted by Crippen LogP contribution is -2.40. The van der Waals surface area contributed by atoms with Crippen molar-refractivity contribution in [3.05, 3.63) is 21.9 Å². The lowest BCUT2D eigenvalue weighted by Gasteiger charge is -2.21. The van der Waals surface area contributed by atoms with Gasteiger partial charge in [-0.05, 0) is 31.4 Å². The normalized spacial score (nSPS) is 20.7. The minimum atomic E-state index is -0.123. The molecule has 1 aliphatic heterocycles. The van der Waals surface area contributed by atoms with Gasteiger partial charge < -0.3 is 15.0 Å². The summed E-state index contributed by atoms with van der Waals surface area (Å²) < 4.78 is 4.91. The van der Waals surface area contributed by atoms with E-state index in [9.17, 15) is 4.79 Å². The van der Waals surface area contributed by atoms with Crippen LogP contribution in [0, 0.1) is 11.8 Å². The second-order valence-corrected chi connectivity index (χ2v) is 7.16. The molecule has 1 saturated heterocycles. The number of hydrogen-bond donors (Lipinski definition) is 1. The number of carbonyl (C=O) groups is 1.